The van der Waals surface area contributed by atoms with Crippen LogP contribution in [0.3, 0.4) is 0 Å². The van der Waals surface area contributed by atoms with Crippen molar-refractivity contribution in [1.29, 1.82) is 0 Å². The summed E-state index contributed by atoms with van der Waals surface area (Å²) in [4.78, 5) is 0. The SMILES string of the molecule is CC1C=C2C(=CC1)N[C@@H](C1C=CC=CC1)[C@@H]1CCCO[C@H]21. The maximum absolute atomic E-state index is 6.23. The van der Waals surface area contributed by atoms with Crippen molar-refractivity contribution in [2.75, 3.05) is 6.61 Å². The Morgan fingerprint density at radius 2 is 2.19 bits per heavy atom. The second-order valence-electron chi connectivity index (χ2n) is 6.93. The van der Waals surface area contributed by atoms with Gasteiger partial charge in [-0.2, -0.15) is 0 Å². The van der Waals surface area contributed by atoms with Crippen LogP contribution in [0.25, 0.3) is 0 Å². The van der Waals surface area contributed by atoms with Crippen molar-refractivity contribution in [1.82, 2.24) is 5.32 Å². The predicted octanol–water partition coefficient (Wildman–Crippen LogP) is 3.74. The second kappa shape index (κ2) is 5.49. The number of hydrogen-bond acceptors (Lipinski definition) is 2. The average Bonchev–Trinajstić information content (AvgIpc) is 2.55. The van der Waals surface area contributed by atoms with E-state index in [4.69, 9.17) is 4.74 Å². The zero-order valence-electron chi connectivity index (χ0n) is 12.8. The first-order valence-electron chi connectivity index (χ1n) is 8.46. The first kappa shape index (κ1) is 13.4. The van der Waals surface area contributed by atoms with Crippen LogP contribution in [0, 0.1) is 17.8 Å². The Morgan fingerprint density at radius 3 is 3.05 bits per heavy atom. The van der Waals surface area contributed by atoms with Crippen molar-refractivity contribution in [3.63, 3.8) is 0 Å². The van der Waals surface area contributed by atoms with Crippen LogP contribution in [0.4, 0.5) is 0 Å². The molecule has 2 heteroatoms. The van der Waals surface area contributed by atoms with Crippen LogP contribution >= 0.6 is 0 Å². The quantitative estimate of drug-likeness (QED) is 0.791. The Labute approximate surface area is 127 Å². The molecule has 5 atom stereocenters. The van der Waals surface area contributed by atoms with Crippen molar-refractivity contribution in [2.24, 2.45) is 17.8 Å². The maximum atomic E-state index is 6.23. The lowest BCUT2D eigenvalue weighted by Crippen LogP contribution is -2.54. The number of fused-ring (bicyclic) bond motifs is 3. The highest BCUT2D eigenvalue weighted by Gasteiger charge is 2.43. The first-order chi connectivity index (χ1) is 10.3. The Kier molecular flexibility index (Phi) is 3.50. The molecule has 0 saturated carbocycles. The molecule has 0 aromatic rings. The highest BCUT2D eigenvalue weighted by atomic mass is 16.5. The van der Waals surface area contributed by atoms with Gasteiger partial charge >= 0.3 is 0 Å². The molecule has 2 aliphatic heterocycles. The molecule has 2 saturated heterocycles. The summed E-state index contributed by atoms with van der Waals surface area (Å²) in [7, 11) is 0. The summed E-state index contributed by atoms with van der Waals surface area (Å²) in [6.07, 6.45) is 19.0. The van der Waals surface area contributed by atoms with E-state index in [2.05, 4.69) is 48.7 Å². The molecule has 0 amide bonds. The van der Waals surface area contributed by atoms with Gasteiger partial charge in [-0.3, -0.25) is 0 Å². The van der Waals surface area contributed by atoms with Crippen LogP contribution in [-0.2, 0) is 4.74 Å². The molecule has 0 spiro atoms. The Hall–Kier alpha value is -1.28. The van der Waals surface area contributed by atoms with E-state index in [0.717, 1.165) is 19.4 Å². The van der Waals surface area contributed by atoms with Crippen LogP contribution in [0.2, 0.25) is 0 Å². The van der Waals surface area contributed by atoms with Gasteiger partial charge in [0.2, 0.25) is 0 Å². The van der Waals surface area contributed by atoms with E-state index in [9.17, 15) is 0 Å². The van der Waals surface area contributed by atoms with Gasteiger partial charge in [-0.05, 0) is 31.6 Å². The van der Waals surface area contributed by atoms with Crippen LogP contribution in [0.15, 0.2) is 47.7 Å². The summed E-state index contributed by atoms with van der Waals surface area (Å²) in [5, 5.41) is 3.87. The van der Waals surface area contributed by atoms with Crippen LogP contribution in [-0.4, -0.2) is 18.8 Å². The van der Waals surface area contributed by atoms with Gasteiger partial charge in [0, 0.05) is 35.8 Å². The van der Waals surface area contributed by atoms with E-state index >= 15 is 0 Å². The molecule has 2 heterocycles. The molecule has 4 aliphatic rings. The standard InChI is InChI=1S/C19H25NO/c1-13-9-10-17-16(12-13)19-15(8-5-11-21-19)18(20-17)14-6-3-2-4-7-14/h2-4,6,10,12-15,18-20H,5,7-9,11H2,1H3/t13?,14?,15-,18-,19-/m0/s1. The summed E-state index contributed by atoms with van der Waals surface area (Å²) in [6, 6.07) is 0.522. The molecule has 0 bridgehead atoms. The fourth-order valence-electron chi connectivity index (χ4n) is 4.35. The minimum absolute atomic E-state index is 0.318. The van der Waals surface area contributed by atoms with Gasteiger partial charge in [-0.15, -0.1) is 0 Å². The molecule has 2 unspecified atom stereocenters. The molecule has 2 nitrogen and oxygen atoms in total. The Morgan fingerprint density at radius 1 is 1.24 bits per heavy atom. The monoisotopic (exact) mass is 283 g/mol. The third kappa shape index (κ3) is 2.40. The highest BCUT2D eigenvalue weighted by Crippen LogP contribution is 2.41. The molecule has 1 N–H and O–H groups in total. The molecule has 2 aliphatic carbocycles. The van der Waals surface area contributed by atoms with Gasteiger partial charge in [-0.1, -0.05) is 43.4 Å². The third-order valence-electron chi connectivity index (χ3n) is 5.40. The van der Waals surface area contributed by atoms with Crippen LogP contribution < -0.4 is 5.32 Å². The summed E-state index contributed by atoms with van der Waals surface area (Å²) in [5.74, 6) is 1.87. The molecule has 21 heavy (non-hydrogen) atoms. The van der Waals surface area contributed by atoms with E-state index in [-0.39, 0.29) is 0 Å². The number of allylic oxidation sites excluding steroid dienone is 5. The molecule has 112 valence electrons. The van der Waals surface area contributed by atoms with Crippen molar-refractivity contribution >= 4 is 0 Å². The molecular formula is C19H25NO. The lowest BCUT2D eigenvalue weighted by Gasteiger charge is -2.48. The zero-order chi connectivity index (χ0) is 14.2. The average molecular weight is 283 g/mol. The van der Waals surface area contributed by atoms with E-state index in [1.807, 2.05) is 0 Å². The summed E-state index contributed by atoms with van der Waals surface area (Å²) >= 11 is 0. The lowest BCUT2D eigenvalue weighted by atomic mass is 9.71. The van der Waals surface area contributed by atoms with Gasteiger partial charge in [0.15, 0.2) is 0 Å². The number of hydrogen-bond donors (Lipinski definition) is 1. The zero-order valence-corrected chi connectivity index (χ0v) is 12.8. The Bertz CT molecular complexity index is 528. The van der Waals surface area contributed by atoms with Crippen molar-refractivity contribution in [3.8, 4) is 0 Å². The minimum Gasteiger partial charge on any atom is -0.381 e. The Balaban J connectivity index is 1.65. The van der Waals surface area contributed by atoms with Gasteiger partial charge in [0.25, 0.3) is 0 Å². The summed E-state index contributed by atoms with van der Waals surface area (Å²) < 4.78 is 6.23. The molecule has 4 rings (SSSR count). The fraction of sp³-hybridized carbons (Fsp3) is 0.579. The summed E-state index contributed by atoms with van der Waals surface area (Å²) in [6.45, 7) is 3.23. The number of piperidine rings is 1. The van der Waals surface area contributed by atoms with Crippen molar-refractivity contribution in [2.45, 2.75) is 44.8 Å². The van der Waals surface area contributed by atoms with Gasteiger partial charge in [-0.25, -0.2) is 0 Å². The lowest BCUT2D eigenvalue weighted by molar-refractivity contribution is -0.0293. The van der Waals surface area contributed by atoms with E-state index in [1.54, 1.807) is 0 Å². The largest absolute Gasteiger partial charge is 0.381 e. The number of ether oxygens (including phenoxy) is 1. The van der Waals surface area contributed by atoms with Crippen LogP contribution in [0.5, 0.6) is 0 Å². The van der Waals surface area contributed by atoms with Crippen LogP contribution in [0.1, 0.15) is 32.6 Å². The van der Waals surface area contributed by atoms with E-state index in [1.165, 1.54) is 24.1 Å². The van der Waals surface area contributed by atoms with E-state index in [0.29, 0.717) is 29.9 Å². The molecular weight excluding hydrogens is 258 g/mol. The second-order valence-corrected chi connectivity index (χ2v) is 6.93. The van der Waals surface area contributed by atoms with Gasteiger partial charge < -0.3 is 10.1 Å². The number of rotatable bonds is 1. The highest BCUT2D eigenvalue weighted by molar-refractivity contribution is 5.41. The predicted molar refractivity (Wildman–Crippen MR) is 85.7 cm³/mol. The van der Waals surface area contributed by atoms with Gasteiger partial charge in [0.05, 0.1) is 6.10 Å². The van der Waals surface area contributed by atoms with Gasteiger partial charge in [0.1, 0.15) is 0 Å². The van der Waals surface area contributed by atoms with Crippen molar-refractivity contribution < 1.29 is 4.74 Å². The molecule has 0 aromatic heterocycles. The fourth-order valence-corrected chi connectivity index (χ4v) is 4.35. The molecule has 0 radical (unpaired) electrons. The van der Waals surface area contributed by atoms with Crippen molar-refractivity contribution in [3.05, 3.63) is 47.7 Å². The van der Waals surface area contributed by atoms with E-state index < -0.39 is 0 Å². The maximum Gasteiger partial charge on any atom is 0.0889 e. The first-order valence-corrected chi connectivity index (χ1v) is 8.46. The summed E-state index contributed by atoms with van der Waals surface area (Å²) in [5.41, 5.74) is 2.79. The molecule has 0 aromatic carbocycles. The number of nitrogens with one attached hydrogen (secondary N) is 1. The topological polar surface area (TPSA) is 21.3 Å². The smallest absolute Gasteiger partial charge is 0.0889 e. The molecule has 2 fully saturated rings. The minimum atomic E-state index is 0.318. The normalized spacial score (nSPS) is 41.5. The third-order valence-corrected chi connectivity index (χ3v) is 5.40.